The van der Waals surface area contributed by atoms with E-state index in [1.165, 1.54) is 0 Å². The van der Waals surface area contributed by atoms with Gasteiger partial charge in [-0.25, -0.2) is 4.98 Å². The monoisotopic (exact) mass is 288 g/mol. The van der Waals surface area contributed by atoms with Gasteiger partial charge in [0.1, 0.15) is 17.2 Å². The molecule has 0 fully saturated rings. The van der Waals surface area contributed by atoms with E-state index < -0.39 is 0 Å². The molecule has 0 aliphatic carbocycles. The Kier molecular flexibility index (Phi) is 5.00. The summed E-state index contributed by atoms with van der Waals surface area (Å²) in [4.78, 5) is 4.36. The lowest BCUT2D eigenvalue weighted by Gasteiger charge is -2.11. The van der Waals surface area contributed by atoms with Crippen LogP contribution in [0, 0.1) is 6.92 Å². The molecule has 1 aromatic heterocycles. The van der Waals surface area contributed by atoms with Crippen molar-refractivity contribution >= 4 is 0 Å². The van der Waals surface area contributed by atoms with E-state index in [0.29, 0.717) is 23.1 Å². The van der Waals surface area contributed by atoms with E-state index in [-0.39, 0.29) is 0 Å². The molecule has 0 bridgehead atoms. The lowest BCUT2D eigenvalue weighted by molar-refractivity contribution is 0.384. The standard InChI is InChI=1S/C16H20N2O3/c1-11-5-12(9-17-2)10-18-16(11)21-15-7-13(19-3)6-14(8-15)20-4/h5-8,10,17H,9H2,1-4H3. The number of aryl methyl sites for hydroxylation is 1. The molecular weight excluding hydrogens is 268 g/mol. The predicted molar refractivity (Wildman–Crippen MR) is 81.4 cm³/mol. The van der Waals surface area contributed by atoms with Crippen molar-refractivity contribution in [1.29, 1.82) is 0 Å². The van der Waals surface area contributed by atoms with Crippen molar-refractivity contribution in [3.05, 3.63) is 41.6 Å². The smallest absolute Gasteiger partial charge is 0.222 e. The molecule has 0 saturated carbocycles. The van der Waals surface area contributed by atoms with Gasteiger partial charge >= 0.3 is 0 Å². The molecule has 21 heavy (non-hydrogen) atoms. The molecule has 2 rings (SSSR count). The Bertz CT molecular complexity index is 592. The van der Waals surface area contributed by atoms with Gasteiger partial charge < -0.3 is 19.5 Å². The van der Waals surface area contributed by atoms with Crippen molar-refractivity contribution in [3.63, 3.8) is 0 Å². The zero-order valence-electron chi connectivity index (χ0n) is 12.8. The van der Waals surface area contributed by atoms with E-state index in [1.54, 1.807) is 38.6 Å². The highest BCUT2D eigenvalue weighted by atomic mass is 16.5. The van der Waals surface area contributed by atoms with Crippen LogP contribution in [0.1, 0.15) is 11.1 Å². The fraction of sp³-hybridized carbons (Fsp3) is 0.312. The number of rotatable bonds is 6. The van der Waals surface area contributed by atoms with Crippen molar-refractivity contribution < 1.29 is 14.2 Å². The predicted octanol–water partition coefficient (Wildman–Crippen LogP) is 2.92. The zero-order valence-corrected chi connectivity index (χ0v) is 12.8. The summed E-state index contributed by atoms with van der Waals surface area (Å²) in [7, 11) is 5.12. The topological polar surface area (TPSA) is 52.6 Å². The SMILES string of the molecule is CNCc1cnc(Oc2cc(OC)cc(OC)c2)c(C)c1. The molecule has 1 aromatic carbocycles. The van der Waals surface area contributed by atoms with Gasteiger partial charge in [-0.15, -0.1) is 0 Å². The third-order valence-electron chi connectivity index (χ3n) is 3.01. The summed E-state index contributed by atoms with van der Waals surface area (Å²) in [6, 6.07) is 7.44. The Labute approximate surface area is 124 Å². The van der Waals surface area contributed by atoms with Crippen LogP contribution < -0.4 is 19.5 Å². The maximum atomic E-state index is 5.84. The number of hydrogen-bond acceptors (Lipinski definition) is 5. The van der Waals surface area contributed by atoms with Crippen LogP contribution in [0.2, 0.25) is 0 Å². The molecule has 0 amide bonds. The minimum atomic E-state index is 0.574. The Morgan fingerprint density at radius 3 is 2.14 bits per heavy atom. The summed E-state index contributed by atoms with van der Waals surface area (Å²) in [6.45, 7) is 2.75. The van der Waals surface area contributed by atoms with Gasteiger partial charge in [0.2, 0.25) is 5.88 Å². The molecule has 0 spiro atoms. The van der Waals surface area contributed by atoms with Gasteiger partial charge in [-0.05, 0) is 25.6 Å². The Morgan fingerprint density at radius 2 is 1.62 bits per heavy atom. The number of ether oxygens (including phenoxy) is 3. The van der Waals surface area contributed by atoms with Gasteiger partial charge in [0.15, 0.2) is 0 Å². The van der Waals surface area contributed by atoms with Crippen molar-refractivity contribution in [1.82, 2.24) is 10.3 Å². The van der Waals surface area contributed by atoms with Gasteiger partial charge in [0.05, 0.1) is 14.2 Å². The van der Waals surface area contributed by atoms with Crippen molar-refractivity contribution in [3.8, 4) is 23.1 Å². The zero-order chi connectivity index (χ0) is 15.2. The number of aromatic nitrogens is 1. The number of nitrogens with one attached hydrogen (secondary N) is 1. The average Bonchev–Trinajstić information content (AvgIpc) is 2.50. The van der Waals surface area contributed by atoms with Gasteiger partial charge in [-0.1, -0.05) is 0 Å². The quantitative estimate of drug-likeness (QED) is 0.885. The van der Waals surface area contributed by atoms with E-state index in [1.807, 2.05) is 14.0 Å². The molecule has 0 aliphatic rings. The van der Waals surface area contributed by atoms with Gasteiger partial charge in [-0.3, -0.25) is 0 Å². The van der Waals surface area contributed by atoms with Crippen LogP contribution in [-0.4, -0.2) is 26.3 Å². The number of benzene rings is 1. The van der Waals surface area contributed by atoms with E-state index in [0.717, 1.165) is 17.7 Å². The highest BCUT2D eigenvalue weighted by molar-refractivity contribution is 5.44. The van der Waals surface area contributed by atoms with Crippen LogP contribution in [-0.2, 0) is 6.54 Å². The molecule has 5 nitrogen and oxygen atoms in total. The van der Waals surface area contributed by atoms with Gasteiger partial charge in [-0.2, -0.15) is 0 Å². The number of methoxy groups -OCH3 is 2. The maximum Gasteiger partial charge on any atom is 0.222 e. The summed E-state index contributed by atoms with van der Waals surface area (Å²) in [5, 5.41) is 3.10. The second kappa shape index (κ2) is 6.95. The van der Waals surface area contributed by atoms with Crippen LogP contribution in [0.3, 0.4) is 0 Å². The Hall–Kier alpha value is -2.27. The minimum Gasteiger partial charge on any atom is -0.496 e. The largest absolute Gasteiger partial charge is 0.496 e. The average molecular weight is 288 g/mol. The Balaban J connectivity index is 2.25. The number of hydrogen-bond donors (Lipinski definition) is 1. The van der Waals surface area contributed by atoms with Crippen LogP contribution in [0.25, 0.3) is 0 Å². The third kappa shape index (κ3) is 3.86. The minimum absolute atomic E-state index is 0.574. The summed E-state index contributed by atoms with van der Waals surface area (Å²) >= 11 is 0. The van der Waals surface area contributed by atoms with Gasteiger partial charge in [0, 0.05) is 36.5 Å². The fourth-order valence-corrected chi connectivity index (χ4v) is 1.98. The molecule has 0 unspecified atom stereocenters. The summed E-state index contributed by atoms with van der Waals surface area (Å²) in [5.74, 6) is 2.55. The van der Waals surface area contributed by atoms with E-state index >= 15 is 0 Å². The van der Waals surface area contributed by atoms with E-state index in [4.69, 9.17) is 14.2 Å². The van der Waals surface area contributed by atoms with Crippen LogP contribution in [0.4, 0.5) is 0 Å². The van der Waals surface area contributed by atoms with Crippen molar-refractivity contribution in [2.24, 2.45) is 0 Å². The first-order valence-corrected chi connectivity index (χ1v) is 6.67. The first kappa shape index (κ1) is 15.1. The highest BCUT2D eigenvalue weighted by Gasteiger charge is 2.08. The van der Waals surface area contributed by atoms with Crippen molar-refractivity contribution in [2.45, 2.75) is 13.5 Å². The highest BCUT2D eigenvalue weighted by Crippen LogP contribution is 2.31. The third-order valence-corrected chi connectivity index (χ3v) is 3.01. The molecule has 0 aliphatic heterocycles. The lowest BCUT2D eigenvalue weighted by atomic mass is 10.2. The summed E-state index contributed by atoms with van der Waals surface area (Å²) in [6.07, 6.45) is 1.80. The summed E-state index contributed by atoms with van der Waals surface area (Å²) < 4.78 is 16.3. The molecule has 2 aromatic rings. The van der Waals surface area contributed by atoms with E-state index in [9.17, 15) is 0 Å². The van der Waals surface area contributed by atoms with Crippen LogP contribution in [0.15, 0.2) is 30.5 Å². The molecule has 0 saturated heterocycles. The number of pyridine rings is 1. The second-order valence-corrected chi connectivity index (χ2v) is 4.65. The molecule has 0 atom stereocenters. The second-order valence-electron chi connectivity index (χ2n) is 4.65. The van der Waals surface area contributed by atoms with E-state index in [2.05, 4.69) is 16.4 Å². The lowest BCUT2D eigenvalue weighted by Crippen LogP contribution is -2.06. The van der Waals surface area contributed by atoms with Crippen molar-refractivity contribution in [2.75, 3.05) is 21.3 Å². The molecule has 112 valence electrons. The normalized spacial score (nSPS) is 10.3. The van der Waals surface area contributed by atoms with Gasteiger partial charge in [0.25, 0.3) is 0 Å². The molecule has 1 heterocycles. The molecule has 5 heteroatoms. The Morgan fingerprint density at radius 1 is 1.00 bits per heavy atom. The first-order valence-electron chi connectivity index (χ1n) is 6.67. The molecule has 0 radical (unpaired) electrons. The van der Waals surface area contributed by atoms with Crippen LogP contribution >= 0.6 is 0 Å². The maximum absolute atomic E-state index is 5.84. The molecule has 1 N–H and O–H groups in total. The van der Waals surface area contributed by atoms with Crippen LogP contribution in [0.5, 0.6) is 23.1 Å². The molecular formula is C16H20N2O3. The first-order chi connectivity index (χ1) is 10.2. The summed E-state index contributed by atoms with van der Waals surface area (Å²) in [5.41, 5.74) is 2.09. The fourth-order valence-electron chi connectivity index (χ4n) is 1.98. The number of nitrogens with zero attached hydrogens (tertiary/aromatic N) is 1.